The molecule has 2 aromatic rings. The number of fused-ring (bicyclic) bond motifs is 1. The maximum Gasteiger partial charge on any atom is 0.0730 e. The van der Waals surface area contributed by atoms with Crippen molar-refractivity contribution >= 4 is 39.3 Å². The third-order valence-electron chi connectivity index (χ3n) is 2.53. The van der Waals surface area contributed by atoms with Crippen LogP contribution in [0.5, 0.6) is 0 Å². The van der Waals surface area contributed by atoms with Crippen LogP contribution in [-0.4, -0.2) is 23.3 Å². The van der Waals surface area contributed by atoms with Crippen molar-refractivity contribution in [2.45, 2.75) is 12.8 Å². The fourth-order valence-electron chi connectivity index (χ4n) is 1.65. The van der Waals surface area contributed by atoms with Crippen LogP contribution in [0.4, 0.5) is 0 Å². The predicted molar refractivity (Wildman–Crippen MR) is 85.5 cm³/mol. The lowest BCUT2D eigenvalue weighted by Gasteiger charge is -1.97. The maximum atomic E-state index is 4.99. The molecule has 0 amide bonds. The molecule has 2 rings (SSSR count). The van der Waals surface area contributed by atoms with E-state index in [1.54, 1.807) is 7.11 Å². The van der Waals surface area contributed by atoms with Crippen LogP contribution in [0.15, 0.2) is 24.4 Å². The zero-order valence-electron chi connectivity index (χ0n) is 10.1. The van der Waals surface area contributed by atoms with E-state index in [0.717, 1.165) is 30.4 Å². The molecule has 94 valence electrons. The summed E-state index contributed by atoms with van der Waals surface area (Å²) in [6.07, 6.45) is 4.39. The van der Waals surface area contributed by atoms with E-state index in [9.17, 15) is 0 Å². The van der Waals surface area contributed by atoms with Gasteiger partial charge in [0, 0.05) is 31.1 Å². The van der Waals surface area contributed by atoms with Gasteiger partial charge in [0.2, 0.25) is 0 Å². The molecule has 0 fully saturated rings. The number of methoxy groups -OCH3 is 1. The van der Waals surface area contributed by atoms with E-state index in [-0.39, 0.29) is 0 Å². The zero-order chi connectivity index (χ0) is 12.8. The average Bonchev–Trinajstić information content (AvgIpc) is 2.80. The number of aromatic nitrogens is 2. The van der Waals surface area contributed by atoms with Gasteiger partial charge in [-0.2, -0.15) is 5.10 Å². The van der Waals surface area contributed by atoms with Crippen molar-refractivity contribution in [2.75, 3.05) is 13.7 Å². The monoisotopic (exact) mass is 372 g/mol. The molecule has 0 spiro atoms. The summed E-state index contributed by atoms with van der Waals surface area (Å²) in [6, 6.07) is 6.24. The van der Waals surface area contributed by atoms with Gasteiger partial charge in [-0.3, -0.25) is 0 Å². The smallest absolute Gasteiger partial charge is 0.0730 e. The molecule has 0 saturated heterocycles. The van der Waals surface area contributed by atoms with Crippen molar-refractivity contribution in [1.82, 2.24) is 9.55 Å². The van der Waals surface area contributed by atoms with E-state index in [2.05, 4.69) is 57.2 Å². The Morgan fingerprint density at radius 2 is 2.39 bits per heavy atom. The van der Waals surface area contributed by atoms with Crippen LogP contribution < -0.4 is 0 Å². The van der Waals surface area contributed by atoms with Crippen LogP contribution in [-0.2, 0) is 4.74 Å². The second-order valence-electron chi connectivity index (χ2n) is 3.81. The highest BCUT2D eigenvalue weighted by Gasteiger charge is 2.01. The zero-order valence-corrected chi connectivity index (χ0v) is 13.3. The molecule has 0 aliphatic carbocycles. The molecule has 18 heavy (non-hydrogen) atoms. The van der Waals surface area contributed by atoms with Gasteiger partial charge in [0.25, 0.3) is 0 Å². The number of hydrogen-bond acceptors (Lipinski definition) is 2. The second-order valence-corrected chi connectivity index (χ2v) is 5.85. The summed E-state index contributed by atoms with van der Waals surface area (Å²) in [5, 5.41) is 5.49. The molecule has 1 aromatic heterocycles. The molecule has 3 nitrogen and oxygen atoms in total. The Labute approximate surface area is 122 Å². The second kappa shape index (κ2) is 7.08. The van der Waals surface area contributed by atoms with Crippen molar-refractivity contribution in [3.05, 3.63) is 30.0 Å². The Balaban J connectivity index is 2.10. The predicted octanol–water partition coefficient (Wildman–Crippen LogP) is 3.61. The number of halogens is 1. The molecule has 0 aliphatic rings. The molecule has 0 saturated carbocycles. The molecular weight excluding hydrogens is 358 g/mol. The summed E-state index contributed by atoms with van der Waals surface area (Å²) in [4.78, 5) is 0. The minimum Gasteiger partial charge on any atom is -0.385 e. The summed E-state index contributed by atoms with van der Waals surface area (Å²) in [7, 11) is 1.72. The molecular formula is C13H14IN2OP. The Morgan fingerprint density at radius 3 is 3.17 bits per heavy atom. The van der Waals surface area contributed by atoms with Gasteiger partial charge in [-0.1, -0.05) is 11.8 Å². The van der Waals surface area contributed by atoms with Gasteiger partial charge < -0.3 is 4.74 Å². The quantitative estimate of drug-likeness (QED) is 0.355. The van der Waals surface area contributed by atoms with Crippen molar-refractivity contribution < 1.29 is 4.74 Å². The maximum absolute atomic E-state index is 4.99. The van der Waals surface area contributed by atoms with Gasteiger partial charge in [-0.15, -0.1) is 0 Å². The molecule has 0 radical (unpaired) electrons. The van der Waals surface area contributed by atoms with Crippen LogP contribution in [0, 0.1) is 11.8 Å². The highest BCUT2D eigenvalue weighted by Crippen LogP contribution is 2.28. The normalized spacial score (nSPS) is 11.0. The fraction of sp³-hybridized carbons (Fsp3) is 0.308. The number of rotatable bonds is 4. The van der Waals surface area contributed by atoms with Gasteiger partial charge >= 0.3 is 0 Å². The molecule has 1 unspecified atom stereocenters. The summed E-state index contributed by atoms with van der Waals surface area (Å²) < 4.78 is 6.99. The van der Waals surface area contributed by atoms with Gasteiger partial charge in [-0.05, 0) is 46.7 Å². The number of hydrogen-bond donors (Lipinski definition) is 0. The van der Waals surface area contributed by atoms with E-state index < -0.39 is 0 Å². The number of unbranched alkanes of at least 4 members (excludes halogenated alkanes) is 1. The number of benzene rings is 1. The Bertz CT molecular complexity index is 585. The van der Waals surface area contributed by atoms with E-state index in [1.165, 1.54) is 5.52 Å². The highest BCUT2D eigenvalue weighted by molar-refractivity contribution is 14.2. The first-order chi connectivity index (χ1) is 8.85. The van der Waals surface area contributed by atoms with Crippen molar-refractivity contribution in [1.29, 1.82) is 0 Å². The third-order valence-corrected chi connectivity index (χ3v) is 4.42. The topological polar surface area (TPSA) is 27.1 Å². The fourth-order valence-corrected chi connectivity index (χ4v) is 3.20. The van der Waals surface area contributed by atoms with Crippen LogP contribution in [0.1, 0.15) is 18.4 Å². The molecule has 0 bridgehead atoms. The Kier molecular flexibility index (Phi) is 5.43. The summed E-state index contributed by atoms with van der Waals surface area (Å²) in [6.45, 7) is 0.775. The Hall–Kier alpha value is -0.630. The molecule has 0 N–H and O–H groups in total. The molecule has 1 aromatic carbocycles. The van der Waals surface area contributed by atoms with Crippen LogP contribution in [0.3, 0.4) is 0 Å². The first-order valence-electron chi connectivity index (χ1n) is 5.67. The molecule has 5 heteroatoms. The first kappa shape index (κ1) is 13.8. The van der Waals surface area contributed by atoms with E-state index >= 15 is 0 Å². The number of nitrogens with zero attached hydrogens (tertiary/aromatic N) is 2. The lowest BCUT2D eigenvalue weighted by Crippen LogP contribution is -1.86. The minimum absolute atomic E-state index is 0.631. The van der Waals surface area contributed by atoms with Gasteiger partial charge in [0.05, 0.1) is 18.1 Å². The van der Waals surface area contributed by atoms with Crippen molar-refractivity contribution in [2.24, 2.45) is 0 Å². The van der Waals surface area contributed by atoms with E-state index in [4.69, 9.17) is 4.74 Å². The average molecular weight is 372 g/mol. The van der Waals surface area contributed by atoms with Crippen LogP contribution >= 0.6 is 28.4 Å². The van der Waals surface area contributed by atoms with Gasteiger partial charge in [0.1, 0.15) is 0 Å². The highest BCUT2D eigenvalue weighted by atomic mass is 127. The minimum atomic E-state index is 0.631. The molecule has 1 heterocycles. The summed E-state index contributed by atoms with van der Waals surface area (Å²) in [5.74, 6) is 6.35. The van der Waals surface area contributed by atoms with Crippen LogP contribution in [0.2, 0.25) is 0 Å². The molecule has 0 aliphatic heterocycles. The summed E-state index contributed by atoms with van der Waals surface area (Å²) in [5.41, 5.74) is 2.23. The lowest BCUT2D eigenvalue weighted by atomic mass is 10.1. The first-order valence-corrected chi connectivity index (χ1v) is 9.73. The van der Waals surface area contributed by atoms with Gasteiger partial charge in [0.15, 0.2) is 0 Å². The summed E-state index contributed by atoms with van der Waals surface area (Å²) >= 11 is 2.33. The van der Waals surface area contributed by atoms with Gasteiger partial charge in [-0.25, -0.2) is 4.45 Å². The standard InChI is InChI=1S/C13H14IN2OP/c1-17-8-4-2-3-5-11-6-7-13-12(9-11)10-15-16(13)18-14/h6-7,9-10,18H,2,4,8H2,1H3. The van der Waals surface area contributed by atoms with E-state index in [0.29, 0.717) is 6.37 Å². The number of ether oxygens (including phenoxy) is 1. The van der Waals surface area contributed by atoms with Crippen molar-refractivity contribution in [3.8, 4) is 11.8 Å². The Morgan fingerprint density at radius 1 is 1.50 bits per heavy atom. The third kappa shape index (κ3) is 3.44. The van der Waals surface area contributed by atoms with Crippen molar-refractivity contribution in [3.63, 3.8) is 0 Å². The van der Waals surface area contributed by atoms with E-state index in [1.807, 2.05) is 10.6 Å². The lowest BCUT2D eigenvalue weighted by molar-refractivity contribution is 0.196. The van der Waals surface area contributed by atoms with Crippen LogP contribution in [0.25, 0.3) is 10.9 Å². The molecule has 1 atom stereocenters. The SMILES string of the molecule is COCCCC#Cc1ccc2c(cnn2PI)c1. The largest absolute Gasteiger partial charge is 0.385 e.